The zero-order valence-electron chi connectivity index (χ0n) is 12.1. The Labute approximate surface area is 123 Å². The standard InChI is InChI=1S/C15H20N4O2/c1-20-7-6-16-10-14-18-19-15(21-14)17-9-12-8-11-4-2-3-5-13(11)12/h2-5,12,16H,6-10H2,1H3,(H,17,19). The van der Waals surface area contributed by atoms with Crippen LogP contribution in [0.15, 0.2) is 28.7 Å². The van der Waals surface area contributed by atoms with Crippen molar-refractivity contribution in [3.63, 3.8) is 0 Å². The van der Waals surface area contributed by atoms with E-state index in [2.05, 4.69) is 45.1 Å². The first kappa shape index (κ1) is 14.0. The Hall–Kier alpha value is -1.92. The van der Waals surface area contributed by atoms with Crippen molar-refractivity contribution in [3.05, 3.63) is 41.3 Å². The van der Waals surface area contributed by atoms with Crippen molar-refractivity contribution in [1.29, 1.82) is 0 Å². The van der Waals surface area contributed by atoms with Crippen molar-refractivity contribution in [2.45, 2.75) is 18.9 Å². The van der Waals surface area contributed by atoms with Crippen LogP contribution in [0.25, 0.3) is 0 Å². The molecule has 0 saturated carbocycles. The Morgan fingerprint density at radius 1 is 1.33 bits per heavy atom. The van der Waals surface area contributed by atoms with Crippen LogP contribution in [0.3, 0.4) is 0 Å². The van der Waals surface area contributed by atoms with Gasteiger partial charge in [-0.05, 0) is 17.5 Å². The van der Waals surface area contributed by atoms with E-state index in [1.54, 1.807) is 7.11 Å². The number of rotatable bonds is 8. The lowest BCUT2D eigenvalue weighted by atomic mass is 9.78. The lowest BCUT2D eigenvalue weighted by molar-refractivity contribution is 0.198. The molecule has 1 heterocycles. The predicted molar refractivity (Wildman–Crippen MR) is 79.3 cm³/mol. The van der Waals surface area contributed by atoms with Crippen molar-refractivity contribution < 1.29 is 9.15 Å². The number of nitrogens with zero attached hydrogens (tertiary/aromatic N) is 2. The van der Waals surface area contributed by atoms with E-state index in [0.717, 1.165) is 19.5 Å². The average molecular weight is 288 g/mol. The van der Waals surface area contributed by atoms with Crippen molar-refractivity contribution in [2.24, 2.45) is 0 Å². The second kappa shape index (κ2) is 6.69. The second-order valence-electron chi connectivity index (χ2n) is 5.15. The van der Waals surface area contributed by atoms with Crippen LogP contribution in [-0.4, -0.2) is 37.0 Å². The maximum atomic E-state index is 5.53. The first-order valence-electron chi connectivity index (χ1n) is 7.20. The third-order valence-electron chi connectivity index (χ3n) is 3.69. The molecule has 0 spiro atoms. The van der Waals surface area contributed by atoms with Gasteiger partial charge in [-0.3, -0.25) is 0 Å². The van der Waals surface area contributed by atoms with Gasteiger partial charge in [0.15, 0.2) is 0 Å². The van der Waals surface area contributed by atoms with Crippen LogP contribution in [0, 0.1) is 0 Å². The van der Waals surface area contributed by atoms with Gasteiger partial charge in [-0.15, -0.1) is 5.10 Å². The topological polar surface area (TPSA) is 72.2 Å². The molecule has 0 saturated heterocycles. The number of benzene rings is 1. The Bertz CT molecular complexity index is 585. The molecule has 1 aliphatic carbocycles. The van der Waals surface area contributed by atoms with E-state index in [4.69, 9.17) is 9.15 Å². The van der Waals surface area contributed by atoms with Gasteiger partial charge < -0.3 is 19.8 Å². The summed E-state index contributed by atoms with van der Waals surface area (Å²) in [6, 6.07) is 9.03. The third kappa shape index (κ3) is 3.40. The van der Waals surface area contributed by atoms with Crippen LogP contribution in [0.4, 0.5) is 6.01 Å². The van der Waals surface area contributed by atoms with E-state index in [1.165, 1.54) is 11.1 Å². The van der Waals surface area contributed by atoms with Crippen molar-refractivity contribution in [1.82, 2.24) is 15.5 Å². The largest absolute Gasteiger partial charge is 0.407 e. The van der Waals surface area contributed by atoms with Crippen molar-refractivity contribution in [3.8, 4) is 0 Å². The summed E-state index contributed by atoms with van der Waals surface area (Å²) >= 11 is 0. The molecule has 1 unspecified atom stereocenters. The molecule has 1 aromatic heterocycles. The molecule has 0 bridgehead atoms. The number of anilines is 1. The van der Waals surface area contributed by atoms with Crippen LogP contribution in [-0.2, 0) is 17.7 Å². The summed E-state index contributed by atoms with van der Waals surface area (Å²) in [7, 11) is 1.68. The molecule has 112 valence electrons. The molecule has 1 atom stereocenters. The van der Waals surface area contributed by atoms with Crippen LogP contribution < -0.4 is 10.6 Å². The maximum Gasteiger partial charge on any atom is 0.315 e. The first-order chi connectivity index (χ1) is 10.4. The molecule has 2 aromatic rings. The smallest absolute Gasteiger partial charge is 0.315 e. The number of ether oxygens (including phenoxy) is 1. The number of fused-ring (bicyclic) bond motifs is 1. The van der Waals surface area contributed by atoms with Crippen molar-refractivity contribution >= 4 is 6.01 Å². The number of methoxy groups -OCH3 is 1. The molecule has 2 N–H and O–H groups in total. The highest BCUT2D eigenvalue weighted by atomic mass is 16.5. The van der Waals surface area contributed by atoms with Crippen LogP contribution in [0.1, 0.15) is 22.9 Å². The molecule has 1 aliphatic rings. The van der Waals surface area contributed by atoms with Gasteiger partial charge in [0.1, 0.15) is 0 Å². The summed E-state index contributed by atoms with van der Waals surface area (Å²) in [5.74, 6) is 1.12. The molecule has 0 fully saturated rings. The fourth-order valence-electron chi connectivity index (χ4n) is 2.52. The van der Waals surface area contributed by atoms with Gasteiger partial charge in [-0.1, -0.05) is 29.4 Å². The normalized spacial score (nSPS) is 16.3. The summed E-state index contributed by atoms with van der Waals surface area (Å²) in [6.45, 7) is 2.82. The molecule has 1 aromatic carbocycles. The highest BCUT2D eigenvalue weighted by Gasteiger charge is 2.25. The number of hydrogen-bond acceptors (Lipinski definition) is 6. The fraction of sp³-hybridized carbons (Fsp3) is 0.467. The number of aromatic nitrogens is 2. The molecule has 21 heavy (non-hydrogen) atoms. The number of hydrogen-bond donors (Lipinski definition) is 2. The zero-order chi connectivity index (χ0) is 14.5. The summed E-state index contributed by atoms with van der Waals surface area (Å²) in [6.07, 6.45) is 1.11. The minimum absolute atomic E-state index is 0.489. The second-order valence-corrected chi connectivity index (χ2v) is 5.15. The monoisotopic (exact) mass is 288 g/mol. The lowest BCUT2D eigenvalue weighted by Gasteiger charge is -2.29. The van der Waals surface area contributed by atoms with E-state index >= 15 is 0 Å². The third-order valence-corrected chi connectivity index (χ3v) is 3.69. The van der Waals surface area contributed by atoms with Gasteiger partial charge in [0, 0.05) is 26.1 Å². The first-order valence-corrected chi connectivity index (χ1v) is 7.20. The van der Waals surface area contributed by atoms with E-state index < -0.39 is 0 Å². The molecule has 0 aliphatic heterocycles. The molecule has 3 rings (SSSR count). The van der Waals surface area contributed by atoms with Gasteiger partial charge in [0.05, 0.1) is 13.2 Å². The van der Waals surface area contributed by atoms with E-state index in [1.807, 2.05) is 0 Å². The zero-order valence-corrected chi connectivity index (χ0v) is 12.1. The maximum absolute atomic E-state index is 5.53. The molecular weight excluding hydrogens is 268 g/mol. The lowest BCUT2D eigenvalue weighted by Crippen LogP contribution is -2.24. The molecular formula is C15H20N4O2. The SMILES string of the molecule is COCCNCc1nnc(NCC2Cc3ccccc32)o1. The summed E-state index contributed by atoms with van der Waals surface area (Å²) < 4.78 is 10.5. The highest BCUT2D eigenvalue weighted by Crippen LogP contribution is 2.34. The van der Waals surface area contributed by atoms with E-state index in [9.17, 15) is 0 Å². The Balaban J connectivity index is 1.43. The summed E-state index contributed by atoms with van der Waals surface area (Å²) in [4.78, 5) is 0. The predicted octanol–water partition coefficient (Wildman–Crippen LogP) is 1.56. The van der Waals surface area contributed by atoms with Gasteiger partial charge in [0.25, 0.3) is 0 Å². The number of nitrogens with one attached hydrogen (secondary N) is 2. The summed E-state index contributed by atoms with van der Waals surface area (Å²) in [5.41, 5.74) is 2.86. The van der Waals surface area contributed by atoms with Gasteiger partial charge in [-0.2, -0.15) is 0 Å². The minimum Gasteiger partial charge on any atom is -0.407 e. The van der Waals surface area contributed by atoms with E-state index in [0.29, 0.717) is 31.0 Å². The van der Waals surface area contributed by atoms with Crippen molar-refractivity contribution in [2.75, 3.05) is 32.1 Å². The van der Waals surface area contributed by atoms with Gasteiger partial charge >= 0.3 is 6.01 Å². The molecule has 0 amide bonds. The average Bonchev–Trinajstić information content (AvgIpc) is 2.93. The Kier molecular flexibility index (Phi) is 4.47. The van der Waals surface area contributed by atoms with E-state index in [-0.39, 0.29) is 0 Å². The van der Waals surface area contributed by atoms with Crippen LogP contribution in [0.2, 0.25) is 0 Å². The quantitative estimate of drug-likeness (QED) is 0.718. The minimum atomic E-state index is 0.489. The van der Waals surface area contributed by atoms with Gasteiger partial charge in [0.2, 0.25) is 5.89 Å². The fourth-order valence-corrected chi connectivity index (χ4v) is 2.52. The molecule has 6 nitrogen and oxygen atoms in total. The molecule has 0 radical (unpaired) electrons. The molecule has 6 heteroatoms. The van der Waals surface area contributed by atoms with Crippen LogP contribution in [0.5, 0.6) is 0 Å². The van der Waals surface area contributed by atoms with Gasteiger partial charge in [-0.25, -0.2) is 0 Å². The highest BCUT2D eigenvalue weighted by molar-refractivity contribution is 5.41. The Morgan fingerprint density at radius 2 is 2.24 bits per heavy atom. The van der Waals surface area contributed by atoms with Crippen LogP contribution >= 0.6 is 0 Å². The summed E-state index contributed by atoms with van der Waals surface area (Å²) in [5, 5.41) is 14.4. The Morgan fingerprint density at radius 3 is 3.10 bits per heavy atom.